The van der Waals surface area contributed by atoms with Crippen molar-refractivity contribution in [2.75, 3.05) is 13.7 Å². The molecule has 0 aromatic carbocycles. The van der Waals surface area contributed by atoms with E-state index in [1.807, 2.05) is 11.6 Å². The Balaban J connectivity index is 2.38. The number of nitrogens with one attached hydrogen (secondary N) is 1. The largest absolute Gasteiger partial charge is 0.385 e. The SMILES string of the molecule is COCCC1SC=CNC1C=O. The maximum Gasteiger partial charge on any atom is 0.143 e. The maximum absolute atomic E-state index is 10.6. The summed E-state index contributed by atoms with van der Waals surface area (Å²) in [6.45, 7) is 0.706. The first-order valence-corrected chi connectivity index (χ1v) is 4.83. The van der Waals surface area contributed by atoms with E-state index < -0.39 is 0 Å². The van der Waals surface area contributed by atoms with Crippen molar-refractivity contribution in [2.24, 2.45) is 0 Å². The van der Waals surface area contributed by atoms with Crippen LogP contribution >= 0.6 is 11.8 Å². The lowest BCUT2D eigenvalue weighted by molar-refractivity contribution is -0.109. The van der Waals surface area contributed by atoms with Gasteiger partial charge in [0.05, 0.1) is 6.04 Å². The minimum Gasteiger partial charge on any atom is -0.385 e. The Kier molecular flexibility index (Phi) is 4.18. The fraction of sp³-hybridized carbons (Fsp3) is 0.625. The van der Waals surface area contributed by atoms with Gasteiger partial charge in [0, 0.05) is 25.2 Å². The molecule has 0 amide bonds. The summed E-state index contributed by atoms with van der Waals surface area (Å²) in [7, 11) is 1.67. The van der Waals surface area contributed by atoms with Crippen molar-refractivity contribution < 1.29 is 9.53 Å². The van der Waals surface area contributed by atoms with Crippen molar-refractivity contribution in [1.29, 1.82) is 0 Å². The number of aldehydes is 1. The molecule has 1 aliphatic rings. The number of carbonyl (C=O) groups is 1. The normalized spacial score (nSPS) is 28.1. The average molecular weight is 187 g/mol. The maximum atomic E-state index is 10.6. The Morgan fingerprint density at radius 2 is 2.58 bits per heavy atom. The van der Waals surface area contributed by atoms with E-state index in [9.17, 15) is 4.79 Å². The van der Waals surface area contributed by atoms with Gasteiger partial charge >= 0.3 is 0 Å². The van der Waals surface area contributed by atoms with E-state index >= 15 is 0 Å². The minimum absolute atomic E-state index is 0.0600. The van der Waals surface area contributed by atoms with Gasteiger partial charge in [-0.25, -0.2) is 0 Å². The van der Waals surface area contributed by atoms with Gasteiger partial charge in [0.25, 0.3) is 0 Å². The molecule has 0 saturated carbocycles. The summed E-state index contributed by atoms with van der Waals surface area (Å²) in [6.07, 6.45) is 3.67. The van der Waals surface area contributed by atoms with Gasteiger partial charge in [0.15, 0.2) is 0 Å². The van der Waals surface area contributed by atoms with Crippen LogP contribution in [0.15, 0.2) is 11.6 Å². The molecule has 2 unspecified atom stereocenters. The molecule has 4 heteroatoms. The molecule has 1 heterocycles. The number of ether oxygens (including phenoxy) is 1. The number of carbonyl (C=O) groups excluding carboxylic acids is 1. The fourth-order valence-corrected chi connectivity index (χ4v) is 1.99. The minimum atomic E-state index is -0.0600. The first-order chi connectivity index (χ1) is 5.88. The number of hydrogen-bond donors (Lipinski definition) is 1. The summed E-state index contributed by atoms with van der Waals surface area (Å²) in [6, 6.07) is -0.0600. The van der Waals surface area contributed by atoms with Crippen LogP contribution in [-0.2, 0) is 9.53 Å². The molecule has 1 aliphatic heterocycles. The van der Waals surface area contributed by atoms with Crippen molar-refractivity contribution in [3.63, 3.8) is 0 Å². The second-order valence-electron chi connectivity index (χ2n) is 2.59. The van der Waals surface area contributed by atoms with Gasteiger partial charge in [-0.15, -0.1) is 11.8 Å². The summed E-state index contributed by atoms with van der Waals surface area (Å²) in [4.78, 5) is 10.6. The first-order valence-electron chi connectivity index (χ1n) is 3.89. The Bertz CT molecular complexity index is 172. The van der Waals surface area contributed by atoms with Crippen LogP contribution in [0.25, 0.3) is 0 Å². The summed E-state index contributed by atoms with van der Waals surface area (Å²) < 4.78 is 4.96. The van der Waals surface area contributed by atoms with Crippen molar-refractivity contribution in [3.05, 3.63) is 11.6 Å². The van der Waals surface area contributed by atoms with Crippen LogP contribution in [0.2, 0.25) is 0 Å². The topological polar surface area (TPSA) is 38.3 Å². The van der Waals surface area contributed by atoms with Crippen LogP contribution in [0.3, 0.4) is 0 Å². The molecule has 3 nitrogen and oxygen atoms in total. The van der Waals surface area contributed by atoms with Gasteiger partial charge in [0.1, 0.15) is 6.29 Å². The van der Waals surface area contributed by atoms with Crippen LogP contribution in [-0.4, -0.2) is 31.3 Å². The van der Waals surface area contributed by atoms with Crippen molar-refractivity contribution in [1.82, 2.24) is 5.32 Å². The van der Waals surface area contributed by atoms with Crippen LogP contribution < -0.4 is 5.32 Å². The molecule has 0 aromatic rings. The van der Waals surface area contributed by atoms with Crippen molar-refractivity contribution in [3.8, 4) is 0 Å². The van der Waals surface area contributed by atoms with E-state index in [0.29, 0.717) is 11.9 Å². The second kappa shape index (κ2) is 5.22. The Morgan fingerprint density at radius 1 is 1.75 bits per heavy atom. The summed E-state index contributed by atoms with van der Waals surface area (Å²) in [5.41, 5.74) is 0. The highest BCUT2D eigenvalue weighted by molar-refractivity contribution is 8.02. The quantitative estimate of drug-likeness (QED) is 0.660. The second-order valence-corrected chi connectivity index (χ2v) is 3.74. The average Bonchev–Trinajstić information content (AvgIpc) is 2.15. The lowest BCUT2D eigenvalue weighted by atomic mass is 10.2. The number of hydrogen-bond acceptors (Lipinski definition) is 4. The third-order valence-electron chi connectivity index (χ3n) is 1.76. The molecule has 0 fully saturated rings. The fourth-order valence-electron chi connectivity index (χ4n) is 1.09. The van der Waals surface area contributed by atoms with Gasteiger partial charge in [0.2, 0.25) is 0 Å². The molecular weight excluding hydrogens is 174 g/mol. The molecule has 68 valence electrons. The number of rotatable bonds is 4. The molecular formula is C8H13NO2S. The van der Waals surface area contributed by atoms with Gasteiger partial charge in [-0.1, -0.05) is 0 Å². The lowest BCUT2D eigenvalue weighted by Gasteiger charge is -2.24. The molecule has 1 rings (SSSR count). The van der Waals surface area contributed by atoms with E-state index in [0.717, 1.165) is 12.7 Å². The highest BCUT2D eigenvalue weighted by Gasteiger charge is 2.21. The van der Waals surface area contributed by atoms with Crippen LogP contribution in [0.4, 0.5) is 0 Å². The van der Waals surface area contributed by atoms with Gasteiger partial charge in [-0.2, -0.15) is 0 Å². The zero-order valence-corrected chi connectivity index (χ0v) is 7.84. The standard InChI is InChI=1S/C8H13NO2S/c1-11-4-2-8-7(6-10)9-3-5-12-8/h3,5-9H,2,4H2,1H3. The molecule has 0 aromatic heterocycles. The monoisotopic (exact) mass is 187 g/mol. The molecule has 0 saturated heterocycles. The Labute approximate surface area is 76.5 Å². The molecule has 0 bridgehead atoms. The summed E-state index contributed by atoms with van der Waals surface area (Å²) in [5, 5.41) is 5.29. The van der Waals surface area contributed by atoms with Gasteiger partial charge < -0.3 is 14.8 Å². The highest BCUT2D eigenvalue weighted by atomic mass is 32.2. The zero-order valence-electron chi connectivity index (χ0n) is 7.03. The van der Waals surface area contributed by atoms with E-state index in [1.54, 1.807) is 18.9 Å². The molecule has 1 N–H and O–H groups in total. The number of methoxy groups -OCH3 is 1. The molecule has 0 radical (unpaired) electrons. The van der Waals surface area contributed by atoms with Crippen LogP contribution in [0, 0.1) is 0 Å². The van der Waals surface area contributed by atoms with Crippen molar-refractivity contribution >= 4 is 18.0 Å². The molecule has 2 atom stereocenters. The third-order valence-corrected chi connectivity index (χ3v) is 2.94. The Hall–Kier alpha value is -0.480. The third kappa shape index (κ3) is 2.53. The van der Waals surface area contributed by atoms with E-state index in [2.05, 4.69) is 5.32 Å². The van der Waals surface area contributed by atoms with Crippen LogP contribution in [0.5, 0.6) is 0 Å². The van der Waals surface area contributed by atoms with Crippen molar-refractivity contribution in [2.45, 2.75) is 17.7 Å². The van der Waals surface area contributed by atoms with E-state index in [1.165, 1.54) is 0 Å². The lowest BCUT2D eigenvalue weighted by Crippen LogP contribution is -2.38. The van der Waals surface area contributed by atoms with Gasteiger partial charge in [-0.05, 0) is 11.8 Å². The van der Waals surface area contributed by atoms with E-state index in [-0.39, 0.29) is 6.04 Å². The first kappa shape index (κ1) is 9.61. The predicted molar refractivity (Wildman–Crippen MR) is 50.0 cm³/mol. The van der Waals surface area contributed by atoms with Crippen LogP contribution in [0.1, 0.15) is 6.42 Å². The predicted octanol–water partition coefficient (Wildman–Crippen LogP) is 0.767. The molecule has 12 heavy (non-hydrogen) atoms. The van der Waals surface area contributed by atoms with E-state index in [4.69, 9.17) is 4.74 Å². The molecule has 0 aliphatic carbocycles. The summed E-state index contributed by atoms with van der Waals surface area (Å²) in [5.74, 6) is 0. The molecule has 0 spiro atoms. The Morgan fingerprint density at radius 3 is 3.25 bits per heavy atom. The smallest absolute Gasteiger partial charge is 0.143 e. The highest BCUT2D eigenvalue weighted by Crippen LogP contribution is 2.21. The summed E-state index contributed by atoms with van der Waals surface area (Å²) >= 11 is 1.68. The van der Waals surface area contributed by atoms with Gasteiger partial charge in [-0.3, -0.25) is 0 Å². The zero-order chi connectivity index (χ0) is 8.81. The number of thioether (sulfide) groups is 1.